The van der Waals surface area contributed by atoms with Gasteiger partial charge in [0.2, 0.25) is 0 Å². The van der Waals surface area contributed by atoms with Gasteiger partial charge in [-0.25, -0.2) is 4.68 Å². The molecule has 6 nitrogen and oxygen atoms in total. The smallest absolute Gasteiger partial charge is 0.108 e. The topological polar surface area (TPSA) is 91.4 Å². The summed E-state index contributed by atoms with van der Waals surface area (Å²) in [6, 6.07) is -0.486. The number of aliphatic hydroxyl groups is 3. The van der Waals surface area contributed by atoms with Crippen molar-refractivity contribution in [2.75, 3.05) is 6.61 Å². The summed E-state index contributed by atoms with van der Waals surface area (Å²) in [6.45, 7) is 1.71. The monoisotopic (exact) mass is 243 g/mol. The average Bonchev–Trinajstić information content (AvgIpc) is 2.79. The molecule has 0 radical (unpaired) electrons. The van der Waals surface area contributed by atoms with Crippen LogP contribution in [-0.2, 0) is 6.61 Å². The van der Waals surface area contributed by atoms with E-state index < -0.39 is 12.1 Å². The van der Waals surface area contributed by atoms with Crippen molar-refractivity contribution in [3.8, 4) is 0 Å². The van der Waals surface area contributed by atoms with Gasteiger partial charge in [0.25, 0.3) is 0 Å². The lowest BCUT2D eigenvalue weighted by Crippen LogP contribution is -2.27. The highest BCUT2D eigenvalue weighted by Crippen LogP contribution is 2.16. The Morgan fingerprint density at radius 3 is 2.65 bits per heavy atom. The van der Waals surface area contributed by atoms with Crippen LogP contribution < -0.4 is 0 Å². The molecule has 2 atom stereocenters. The van der Waals surface area contributed by atoms with Gasteiger partial charge in [0.15, 0.2) is 0 Å². The maximum atomic E-state index is 9.96. The molecule has 0 aliphatic heterocycles. The van der Waals surface area contributed by atoms with E-state index in [1.165, 1.54) is 4.68 Å². The zero-order valence-corrected chi connectivity index (χ0v) is 10.2. The summed E-state index contributed by atoms with van der Waals surface area (Å²) in [4.78, 5) is 0. The van der Waals surface area contributed by atoms with Crippen molar-refractivity contribution in [3.05, 3.63) is 11.9 Å². The first-order valence-electron chi connectivity index (χ1n) is 6.03. The minimum atomic E-state index is -0.639. The first kappa shape index (κ1) is 14.1. The maximum absolute atomic E-state index is 9.96. The summed E-state index contributed by atoms with van der Waals surface area (Å²) >= 11 is 0. The Kier molecular flexibility index (Phi) is 6.10. The van der Waals surface area contributed by atoms with Gasteiger partial charge in [-0.2, -0.15) is 0 Å². The molecule has 0 saturated carbocycles. The fraction of sp³-hybridized carbons (Fsp3) is 0.818. The second-order valence-corrected chi connectivity index (χ2v) is 4.16. The Morgan fingerprint density at radius 2 is 2.12 bits per heavy atom. The van der Waals surface area contributed by atoms with Crippen molar-refractivity contribution < 1.29 is 15.3 Å². The molecular formula is C11H21N3O3. The van der Waals surface area contributed by atoms with Crippen LogP contribution in [0, 0.1) is 0 Å². The Hall–Kier alpha value is -0.980. The van der Waals surface area contributed by atoms with Gasteiger partial charge in [-0.15, -0.1) is 5.10 Å². The zero-order chi connectivity index (χ0) is 12.7. The van der Waals surface area contributed by atoms with E-state index in [0.717, 1.165) is 19.3 Å². The van der Waals surface area contributed by atoms with Gasteiger partial charge >= 0.3 is 0 Å². The molecule has 6 heteroatoms. The number of aliphatic hydroxyl groups excluding tert-OH is 3. The van der Waals surface area contributed by atoms with Crippen LogP contribution in [0.15, 0.2) is 6.20 Å². The van der Waals surface area contributed by atoms with Crippen LogP contribution in [0.3, 0.4) is 0 Å². The Balaban J connectivity index is 2.56. The quantitative estimate of drug-likeness (QED) is 0.569. The average molecular weight is 243 g/mol. The van der Waals surface area contributed by atoms with Crippen molar-refractivity contribution >= 4 is 0 Å². The molecule has 17 heavy (non-hydrogen) atoms. The highest BCUT2D eigenvalue weighted by Gasteiger charge is 2.21. The highest BCUT2D eigenvalue weighted by atomic mass is 16.3. The van der Waals surface area contributed by atoms with Crippen LogP contribution in [0.25, 0.3) is 0 Å². The summed E-state index contributed by atoms with van der Waals surface area (Å²) in [5, 5.41) is 35.6. The number of unbranched alkanes of at least 4 members (excludes halogenated alkanes) is 2. The first-order valence-corrected chi connectivity index (χ1v) is 6.03. The fourth-order valence-electron chi connectivity index (χ4n) is 1.73. The Morgan fingerprint density at radius 1 is 1.35 bits per heavy atom. The largest absolute Gasteiger partial charge is 0.394 e. The lowest BCUT2D eigenvalue weighted by Gasteiger charge is -2.20. The second kappa shape index (κ2) is 7.37. The fourth-order valence-corrected chi connectivity index (χ4v) is 1.73. The number of hydrogen-bond acceptors (Lipinski definition) is 5. The van der Waals surface area contributed by atoms with Gasteiger partial charge in [0.05, 0.1) is 25.5 Å². The molecule has 0 aliphatic rings. The number of nitrogens with zero attached hydrogens (tertiary/aromatic N) is 3. The van der Waals surface area contributed by atoms with Crippen LogP contribution in [0.4, 0.5) is 0 Å². The molecule has 0 fully saturated rings. The molecule has 1 heterocycles. The molecule has 0 unspecified atom stereocenters. The van der Waals surface area contributed by atoms with Crippen molar-refractivity contribution in [1.82, 2.24) is 15.0 Å². The summed E-state index contributed by atoms with van der Waals surface area (Å²) in [5.41, 5.74) is 0.434. The molecule has 0 aliphatic carbocycles. The predicted molar refractivity (Wildman–Crippen MR) is 62.2 cm³/mol. The number of aromatic nitrogens is 3. The molecule has 98 valence electrons. The molecule has 3 N–H and O–H groups in total. The molecule has 0 spiro atoms. The van der Waals surface area contributed by atoms with E-state index in [2.05, 4.69) is 17.2 Å². The van der Waals surface area contributed by atoms with Gasteiger partial charge < -0.3 is 15.3 Å². The van der Waals surface area contributed by atoms with Crippen LogP contribution >= 0.6 is 0 Å². The lowest BCUT2D eigenvalue weighted by molar-refractivity contribution is 0.0579. The van der Waals surface area contributed by atoms with Gasteiger partial charge in [0.1, 0.15) is 11.7 Å². The van der Waals surface area contributed by atoms with Gasteiger partial charge in [-0.05, 0) is 6.42 Å². The molecule has 0 aromatic carbocycles. The van der Waals surface area contributed by atoms with Crippen LogP contribution in [0.1, 0.15) is 44.3 Å². The molecule has 1 aromatic rings. The molecular weight excluding hydrogens is 222 g/mol. The zero-order valence-electron chi connectivity index (χ0n) is 10.2. The minimum Gasteiger partial charge on any atom is -0.394 e. The number of hydrogen-bond donors (Lipinski definition) is 3. The third-order valence-corrected chi connectivity index (χ3v) is 2.79. The molecule has 0 bridgehead atoms. The second-order valence-electron chi connectivity index (χ2n) is 4.16. The van der Waals surface area contributed by atoms with E-state index in [9.17, 15) is 10.2 Å². The summed E-state index contributed by atoms with van der Waals surface area (Å²) in [6.07, 6.45) is 4.62. The molecule has 1 aromatic heterocycles. The van der Waals surface area contributed by atoms with Gasteiger partial charge in [-0.1, -0.05) is 31.4 Å². The molecule has 0 saturated heterocycles. The van der Waals surface area contributed by atoms with Gasteiger partial charge in [0, 0.05) is 0 Å². The van der Waals surface area contributed by atoms with E-state index in [1.807, 2.05) is 0 Å². The van der Waals surface area contributed by atoms with Crippen molar-refractivity contribution in [1.29, 1.82) is 0 Å². The third-order valence-electron chi connectivity index (χ3n) is 2.79. The van der Waals surface area contributed by atoms with Crippen molar-refractivity contribution in [2.24, 2.45) is 0 Å². The van der Waals surface area contributed by atoms with Crippen LogP contribution in [0.5, 0.6) is 0 Å². The van der Waals surface area contributed by atoms with Gasteiger partial charge in [-0.3, -0.25) is 0 Å². The normalized spacial score (nSPS) is 14.8. The summed E-state index contributed by atoms with van der Waals surface area (Å²) in [7, 11) is 0. The maximum Gasteiger partial charge on any atom is 0.108 e. The minimum absolute atomic E-state index is 0.190. The SMILES string of the molecule is CCCCC[C@@H](O)[C@H](CO)n1cc(CO)nn1. The molecule has 0 amide bonds. The summed E-state index contributed by atoms with van der Waals surface area (Å²) in [5.74, 6) is 0. The van der Waals surface area contributed by atoms with E-state index in [-0.39, 0.29) is 13.2 Å². The lowest BCUT2D eigenvalue weighted by atomic mass is 10.0. The van der Waals surface area contributed by atoms with E-state index >= 15 is 0 Å². The Bertz CT molecular complexity index is 317. The van der Waals surface area contributed by atoms with Crippen molar-refractivity contribution in [2.45, 2.75) is 51.4 Å². The van der Waals surface area contributed by atoms with Crippen LogP contribution in [-0.4, -0.2) is 43.0 Å². The third kappa shape index (κ3) is 4.07. The van der Waals surface area contributed by atoms with E-state index in [1.54, 1.807) is 6.20 Å². The first-order chi connectivity index (χ1) is 8.22. The van der Waals surface area contributed by atoms with E-state index in [4.69, 9.17) is 5.11 Å². The standard InChI is InChI=1S/C11H21N3O3/c1-2-3-4-5-11(17)10(8-16)14-6-9(7-15)12-13-14/h6,10-11,15-17H,2-5,7-8H2,1H3/t10-,11+/m0/s1. The molecule has 1 rings (SSSR count). The predicted octanol–water partition coefficient (Wildman–Crippen LogP) is 0.245. The summed E-state index contributed by atoms with van der Waals surface area (Å²) < 4.78 is 1.42. The van der Waals surface area contributed by atoms with E-state index in [0.29, 0.717) is 12.1 Å². The van der Waals surface area contributed by atoms with Crippen LogP contribution in [0.2, 0.25) is 0 Å². The number of rotatable bonds is 8. The highest BCUT2D eigenvalue weighted by molar-refractivity contribution is 4.91. The van der Waals surface area contributed by atoms with Crippen molar-refractivity contribution in [3.63, 3.8) is 0 Å². The Labute approximate surface area is 101 Å².